The van der Waals surface area contributed by atoms with Crippen molar-refractivity contribution in [1.82, 2.24) is 34.6 Å². The lowest BCUT2D eigenvalue weighted by Gasteiger charge is -2.31. The fraction of sp³-hybridized carbons (Fsp3) is 0.440. The van der Waals surface area contributed by atoms with E-state index in [1.165, 1.54) is 16.6 Å². The van der Waals surface area contributed by atoms with Gasteiger partial charge in [0.1, 0.15) is 6.33 Å². The lowest BCUT2D eigenvalue weighted by Crippen LogP contribution is -2.40. The summed E-state index contributed by atoms with van der Waals surface area (Å²) < 4.78 is 1.84. The largest absolute Gasteiger partial charge is 0.348 e. The van der Waals surface area contributed by atoms with Crippen LogP contribution >= 0.6 is 0 Å². The van der Waals surface area contributed by atoms with Gasteiger partial charge in [0.2, 0.25) is 5.91 Å². The normalized spacial score (nSPS) is 15.5. The van der Waals surface area contributed by atoms with Crippen molar-refractivity contribution in [3.05, 3.63) is 47.5 Å². The van der Waals surface area contributed by atoms with E-state index >= 15 is 0 Å². The standard InChI is InChI=1S/C25H31N7O/c1-5-17-11-19(20-10-16(2)25-26-15-27-32(25)13-20)12-21-23(17)24(29-28-21)18-6-8-31(9-7-18)14-22(33)30(3)4/h10-13,15,18H,5-9,14H2,1-4H3,(H,28,29). The number of fused-ring (bicyclic) bond motifs is 2. The van der Waals surface area contributed by atoms with Gasteiger partial charge in [-0.25, -0.2) is 9.50 Å². The minimum Gasteiger partial charge on any atom is -0.348 e. The molecule has 8 nitrogen and oxygen atoms in total. The highest BCUT2D eigenvalue weighted by molar-refractivity contribution is 5.90. The van der Waals surface area contributed by atoms with Crippen LogP contribution < -0.4 is 0 Å². The van der Waals surface area contributed by atoms with E-state index in [-0.39, 0.29) is 5.91 Å². The highest BCUT2D eigenvalue weighted by Gasteiger charge is 2.26. The van der Waals surface area contributed by atoms with Crippen LogP contribution in [0.3, 0.4) is 0 Å². The maximum atomic E-state index is 12.1. The van der Waals surface area contributed by atoms with Crippen molar-refractivity contribution in [2.45, 2.75) is 39.0 Å². The first-order valence-electron chi connectivity index (χ1n) is 11.7. The number of aromatic nitrogens is 5. The van der Waals surface area contributed by atoms with Crippen molar-refractivity contribution in [3.63, 3.8) is 0 Å². The van der Waals surface area contributed by atoms with Gasteiger partial charge in [0.05, 0.1) is 17.8 Å². The molecule has 4 heterocycles. The number of hydrogen-bond acceptors (Lipinski definition) is 5. The zero-order valence-corrected chi connectivity index (χ0v) is 19.8. The molecule has 0 atom stereocenters. The van der Waals surface area contributed by atoms with Gasteiger partial charge in [-0.05, 0) is 68.1 Å². The van der Waals surface area contributed by atoms with E-state index in [1.54, 1.807) is 11.2 Å². The molecule has 0 saturated carbocycles. The molecule has 5 rings (SSSR count). The summed E-state index contributed by atoms with van der Waals surface area (Å²) in [6.07, 6.45) is 6.62. The van der Waals surface area contributed by atoms with Gasteiger partial charge < -0.3 is 4.90 Å². The third-order valence-electron chi connectivity index (χ3n) is 6.88. The number of nitrogens with one attached hydrogen (secondary N) is 1. The number of aromatic amines is 1. The monoisotopic (exact) mass is 445 g/mol. The number of H-pyrrole nitrogens is 1. The van der Waals surface area contributed by atoms with E-state index in [0.29, 0.717) is 12.5 Å². The Hall–Kier alpha value is -3.26. The Bertz CT molecular complexity index is 1310. The van der Waals surface area contributed by atoms with Crippen molar-refractivity contribution >= 4 is 22.5 Å². The maximum Gasteiger partial charge on any atom is 0.236 e. The number of likely N-dealkylation sites (N-methyl/N-ethyl adjacent to an activating group) is 1. The molecule has 1 aromatic carbocycles. The molecule has 0 aliphatic carbocycles. The lowest BCUT2D eigenvalue weighted by atomic mass is 9.89. The van der Waals surface area contributed by atoms with Gasteiger partial charge >= 0.3 is 0 Å². The van der Waals surface area contributed by atoms with Crippen LogP contribution in [0.2, 0.25) is 0 Å². The number of aryl methyl sites for hydroxylation is 2. The number of rotatable bonds is 5. The van der Waals surface area contributed by atoms with E-state index in [4.69, 9.17) is 5.10 Å². The zero-order valence-electron chi connectivity index (χ0n) is 19.8. The van der Waals surface area contributed by atoms with Crippen LogP contribution in [-0.2, 0) is 11.2 Å². The molecule has 0 spiro atoms. The van der Waals surface area contributed by atoms with Gasteiger partial charge in [0.15, 0.2) is 5.65 Å². The smallest absolute Gasteiger partial charge is 0.236 e. The molecule has 0 bridgehead atoms. The fourth-order valence-corrected chi connectivity index (χ4v) is 4.96. The highest BCUT2D eigenvalue weighted by Crippen LogP contribution is 2.36. The van der Waals surface area contributed by atoms with Crippen LogP contribution in [-0.4, -0.2) is 74.2 Å². The van der Waals surface area contributed by atoms with Crippen molar-refractivity contribution in [2.75, 3.05) is 33.7 Å². The summed E-state index contributed by atoms with van der Waals surface area (Å²) in [7, 11) is 3.63. The Morgan fingerprint density at radius 3 is 2.70 bits per heavy atom. The molecule has 1 aliphatic rings. The van der Waals surface area contributed by atoms with Crippen molar-refractivity contribution in [3.8, 4) is 11.1 Å². The minimum absolute atomic E-state index is 0.166. The first kappa shape index (κ1) is 21.6. The van der Waals surface area contributed by atoms with Gasteiger partial charge in [-0.3, -0.25) is 14.8 Å². The molecule has 1 amide bonds. The number of hydrogen-bond donors (Lipinski definition) is 1. The predicted molar refractivity (Wildman–Crippen MR) is 129 cm³/mol. The quantitative estimate of drug-likeness (QED) is 0.509. The maximum absolute atomic E-state index is 12.1. The number of benzene rings is 1. The van der Waals surface area contributed by atoms with E-state index in [9.17, 15) is 4.79 Å². The van der Waals surface area contributed by atoms with E-state index in [2.05, 4.69) is 52.1 Å². The van der Waals surface area contributed by atoms with Crippen molar-refractivity contribution < 1.29 is 4.79 Å². The van der Waals surface area contributed by atoms with Crippen LogP contribution in [0.4, 0.5) is 0 Å². The average molecular weight is 446 g/mol. The molecule has 1 fully saturated rings. The number of likely N-dealkylation sites (tertiary alicyclic amines) is 1. The number of piperidine rings is 1. The Morgan fingerprint density at radius 1 is 1.18 bits per heavy atom. The lowest BCUT2D eigenvalue weighted by molar-refractivity contribution is -0.130. The van der Waals surface area contributed by atoms with Gasteiger partial charge in [-0.1, -0.05) is 13.0 Å². The zero-order chi connectivity index (χ0) is 23.1. The molecule has 8 heteroatoms. The van der Waals surface area contributed by atoms with Crippen LogP contribution in [0.1, 0.15) is 42.5 Å². The molecule has 1 N–H and O–H groups in total. The van der Waals surface area contributed by atoms with Gasteiger partial charge in [0, 0.05) is 37.2 Å². The Labute approximate surface area is 193 Å². The van der Waals surface area contributed by atoms with Crippen LogP contribution in [0.15, 0.2) is 30.7 Å². The second-order valence-electron chi connectivity index (χ2n) is 9.30. The molecule has 1 aliphatic heterocycles. The second kappa shape index (κ2) is 8.59. The summed E-state index contributed by atoms with van der Waals surface area (Å²) in [5.41, 5.74) is 7.85. The first-order chi connectivity index (χ1) is 15.9. The summed E-state index contributed by atoms with van der Waals surface area (Å²) in [6.45, 7) is 6.63. The third kappa shape index (κ3) is 3.99. The molecule has 0 radical (unpaired) electrons. The van der Waals surface area contributed by atoms with Gasteiger partial charge in [-0.2, -0.15) is 10.2 Å². The molecule has 172 valence electrons. The highest BCUT2D eigenvalue weighted by atomic mass is 16.2. The Balaban J connectivity index is 1.43. The fourth-order valence-electron chi connectivity index (χ4n) is 4.96. The van der Waals surface area contributed by atoms with Crippen LogP contribution in [0.25, 0.3) is 27.7 Å². The average Bonchev–Trinajstić information content (AvgIpc) is 3.46. The summed E-state index contributed by atoms with van der Waals surface area (Å²) in [5.74, 6) is 0.577. The van der Waals surface area contributed by atoms with E-state index < -0.39 is 0 Å². The predicted octanol–water partition coefficient (Wildman–Crippen LogP) is 3.41. The van der Waals surface area contributed by atoms with E-state index in [1.807, 2.05) is 24.8 Å². The Morgan fingerprint density at radius 2 is 1.97 bits per heavy atom. The first-order valence-corrected chi connectivity index (χ1v) is 11.7. The molecule has 0 unspecified atom stereocenters. The molecule has 1 saturated heterocycles. The van der Waals surface area contributed by atoms with Gasteiger partial charge in [-0.15, -0.1) is 0 Å². The molecule has 4 aromatic rings. The van der Waals surface area contributed by atoms with Crippen molar-refractivity contribution in [2.24, 2.45) is 0 Å². The SMILES string of the molecule is CCc1cc(-c2cc(C)c3ncnn3c2)cc2[nH]nc(C3CCN(CC(=O)N(C)C)CC3)c12. The molecular formula is C25H31N7O. The number of pyridine rings is 1. The molecular weight excluding hydrogens is 414 g/mol. The summed E-state index contributed by atoms with van der Waals surface area (Å²) in [4.78, 5) is 20.3. The van der Waals surface area contributed by atoms with Crippen LogP contribution in [0.5, 0.6) is 0 Å². The summed E-state index contributed by atoms with van der Waals surface area (Å²) in [5, 5.41) is 13.7. The second-order valence-corrected chi connectivity index (χ2v) is 9.30. The Kier molecular flexibility index (Phi) is 5.62. The number of amides is 1. The third-order valence-corrected chi connectivity index (χ3v) is 6.88. The number of carbonyl (C=O) groups excluding carboxylic acids is 1. The molecule has 3 aromatic heterocycles. The topological polar surface area (TPSA) is 82.4 Å². The summed E-state index contributed by atoms with van der Waals surface area (Å²) in [6, 6.07) is 6.67. The number of carbonyl (C=O) groups is 1. The van der Waals surface area contributed by atoms with Gasteiger partial charge in [0.25, 0.3) is 0 Å². The number of nitrogens with zero attached hydrogens (tertiary/aromatic N) is 6. The molecule has 33 heavy (non-hydrogen) atoms. The van der Waals surface area contributed by atoms with E-state index in [0.717, 1.165) is 60.2 Å². The van der Waals surface area contributed by atoms with Crippen molar-refractivity contribution in [1.29, 1.82) is 0 Å². The minimum atomic E-state index is 0.166. The summed E-state index contributed by atoms with van der Waals surface area (Å²) >= 11 is 0. The van der Waals surface area contributed by atoms with Crippen LogP contribution in [0, 0.1) is 6.92 Å².